The van der Waals surface area contributed by atoms with E-state index in [1.54, 1.807) is 0 Å². The molecule has 1 aliphatic rings. The van der Waals surface area contributed by atoms with Crippen LogP contribution in [-0.2, 0) is 0 Å². The molecule has 20 heavy (non-hydrogen) atoms. The predicted molar refractivity (Wildman–Crippen MR) is 82.0 cm³/mol. The molecule has 1 heterocycles. The molecule has 1 N–H and O–H groups in total. The third kappa shape index (κ3) is 2.78. The van der Waals surface area contributed by atoms with E-state index in [1.165, 1.54) is 19.3 Å². The molecule has 0 radical (unpaired) electrons. The molecule has 3 heteroatoms. The third-order valence-corrected chi connectivity index (χ3v) is 4.37. The largest absolute Gasteiger partial charge is 0.491 e. The van der Waals surface area contributed by atoms with Crippen molar-refractivity contribution in [2.45, 2.75) is 31.7 Å². The van der Waals surface area contributed by atoms with E-state index >= 15 is 0 Å². The van der Waals surface area contributed by atoms with Crippen molar-refractivity contribution in [2.75, 3.05) is 13.7 Å². The summed E-state index contributed by atoms with van der Waals surface area (Å²) in [4.78, 5) is 4.43. The highest BCUT2D eigenvalue weighted by Gasteiger charge is 2.25. The number of hydrogen-bond acceptors (Lipinski definition) is 3. The van der Waals surface area contributed by atoms with Gasteiger partial charge in [-0.3, -0.25) is 4.98 Å². The summed E-state index contributed by atoms with van der Waals surface area (Å²) in [5, 5.41) is 4.56. The number of rotatable bonds is 5. The van der Waals surface area contributed by atoms with Gasteiger partial charge in [0.15, 0.2) is 0 Å². The van der Waals surface area contributed by atoms with Crippen LogP contribution in [0.25, 0.3) is 10.9 Å². The van der Waals surface area contributed by atoms with Gasteiger partial charge in [-0.15, -0.1) is 0 Å². The smallest absolute Gasteiger partial charge is 0.145 e. The van der Waals surface area contributed by atoms with Crippen LogP contribution in [0.1, 0.15) is 25.7 Å². The Bertz CT molecular complexity index is 564. The quantitative estimate of drug-likeness (QED) is 0.904. The van der Waals surface area contributed by atoms with E-state index in [0.717, 1.165) is 35.6 Å². The number of fused-ring (bicyclic) bond motifs is 1. The van der Waals surface area contributed by atoms with Gasteiger partial charge in [0.2, 0.25) is 0 Å². The molecule has 0 aliphatic heterocycles. The summed E-state index contributed by atoms with van der Waals surface area (Å²) in [6.07, 6.45) is 6.91. The number of nitrogens with zero attached hydrogens (tertiary/aromatic N) is 1. The standard InChI is InChI=1S/C17H22N2O/c1-18-15-8-2-5-13(15)10-12-20-16-9-3-6-14-7-4-11-19-17(14)16/h3-4,6-7,9,11,13,15,18H,2,5,8,10,12H2,1H3. The summed E-state index contributed by atoms with van der Waals surface area (Å²) in [7, 11) is 2.07. The van der Waals surface area contributed by atoms with Crippen molar-refractivity contribution < 1.29 is 4.74 Å². The highest BCUT2D eigenvalue weighted by molar-refractivity contribution is 5.84. The molecular formula is C17H22N2O. The maximum absolute atomic E-state index is 5.98. The van der Waals surface area contributed by atoms with Gasteiger partial charge >= 0.3 is 0 Å². The monoisotopic (exact) mass is 270 g/mol. The zero-order valence-electron chi connectivity index (χ0n) is 12.0. The fraction of sp³-hybridized carbons (Fsp3) is 0.471. The summed E-state index contributed by atoms with van der Waals surface area (Å²) in [5.74, 6) is 1.66. The molecular weight excluding hydrogens is 248 g/mol. The average molecular weight is 270 g/mol. The maximum Gasteiger partial charge on any atom is 0.145 e. The van der Waals surface area contributed by atoms with Crippen LogP contribution in [0, 0.1) is 5.92 Å². The zero-order valence-corrected chi connectivity index (χ0v) is 12.0. The molecule has 3 nitrogen and oxygen atoms in total. The Balaban J connectivity index is 1.63. The van der Waals surface area contributed by atoms with Gasteiger partial charge in [-0.1, -0.05) is 24.6 Å². The second-order valence-electron chi connectivity index (χ2n) is 5.55. The van der Waals surface area contributed by atoms with E-state index in [-0.39, 0.29) is 0 Å². The number of hydrogen-bond donors (Lipinski definition) is 1. The van der Waals surface area contributed by atoms with E-state index in [2.05, 4.69) is 29.5 Å². The van der Waals surface area contributed by atoms with Gasteiger partial charge in [0, 0.05) is 17.6 Å². The molecule has 2 unspecified atom stereocenters. The Morgan fingerprint density at radius 3 is 3.05 bits per heavy atom. The molecule has 1 aliphatic carbocycles. The first-order chi connectivity index (χ1) is 9.88. The van der Waals surface area contributed by atoms with Crippen molar-refractivity contribution in [3.05, 3.63) is 36.5 Å². The fourth-order valence-corrected chi connectivity index (χ4v) is 3.28. The summed E-state index contributed by atoms with van der Waals surface area (Å²) < 4.78 is 5.98. The maximum atomic E-state index is 5.98. The third-order valence-electron chi connectivity index (χ3n) is 4.37. The minimum atomic E-state index is 0.671. The lowest BCUT2D eigenvalue weighted by molar-refractivity contribution is 0.265. The summed E-state index contributed by atoms with van der Waals surface area (Å²) in [5.41, 5.74) is 0.964. The van der Waals surface area contributed by atoms with Crippen molar-refractivity contribution in [1.82, 2.24) is 10.3 Å². The number of aromatic nitrogens is 1. The van der Waals surface area contributed by atoms with Gasteiger partial charge in [0.05, 0.1) is 6.61 Å². The van der Waals surface area contributed by atoms with E-state index in [9.17, 15) is 0 Å². The molecule has 0 spiro atoms. The van der Waals surface area contributed by atoms with Crippen LogP contribution in [0.15, 0.2) is 36.5 Å². The van der Waals surface area contributed by atoms with E-state index in [0.29, 0.717) is 6.04 Å². The Hall–Kier alpha value is -1.61. The van der Waals surface area contributed by atoms with Gasteiger partial charge < -0.3 is 10.1 Å². The lowest BCUT2D eigenvalue weighted by Crippen LogP contribution is -2.29. The second-order valence-corrected chi connectivity index (χ2v) is 5.55. The van der Waals surface area contributed by atoms with Gasteiger partial charge in [-0.05, 0) is 44.4 Å². The van der Waals surface area contributed by atoms with Crippen molar-refractivity contribution in [3.63, 3.8) is 0 Å². The van der Waals surface area contributed by atoms with Crippen molar-refractivity contribution in [2.24, 2.45) is 5.92 Å². The highest BCUT2D eigenvalue weighted by atomic mass is 16.5. The van der Waals surface area contributed by atoms with Crippen molar-refractivity contribution in [3.8, 4) is 5.75 Å². The molecule has 1 aromatic heterocycles. The normalized spacial score (nSPS) is 22.2. The molecule has 2 atom stereocenters. The summed E-state index contributed by atoms with van der Waals surface area (Å²) in [6.45, 7) is 0.776. The number of nitrogens with one attached hydrogen (secondary N) is 1. The second kappa shape index (κ2) is 6.23. The summed E-state index contributed by atoms with van der Waals surface area (Å²) >= 11 is 0. The average Bonchev–Trinajstić information content (AvgIpc) is 2.95. The summed E-state index contributed by atoms with van der Waals surface area (Å²) in [6, 6.07) is 10.8. The van der Waals surface area contributed by atoms with Crippen molar-refractivity contribution >= 4 is 10.9 Å². The number of pyridine rings is 1. The number of para-hydroxylation sites is 1. The minimum absolute atomic E-state index is 0.671. The molecule has 1 aromatic carbocycles. The van der Waals surface area contributed by atoms with Gasteiger partial charge in [-0.2, -0.15) is 0 Å². The van der Waals surface area contributed by atoms with Gasteiger partial charge in [0.1, 0.15) is 11.3 Å². The number of ether oxygens (including phenoxy) is 1. The molecule has 1 fully saturated rings. The molecule has 3 rings (SSSR count). The van der Waals surface area contributed by atoms with Crippen LogP contribution in [0.3, 0.4) is 0 Å². The Kier molecular flexibility index (Phi) is 4.16. The van der Waals surface area contributed by atoms with E-state index < -0.39 is 0 Å². The SMILES string of the molecule is CNC1CCCC1CCOc1cccc2cccnc12. The molecule has 0 amide bonds. The fourth-order valence-electron chi connectivity index (χ4n) is 3.28. The Morgan fingerprint density at radius 2 is 2.15 bits per heavy atom. The van der Waals surface area contributed by atoms with Crippen molar-refractivity contribution in [1.29, 1.82) is 0 Å². The van der Waals surface area contributed by atoms with Crippen LogP contribution in [0.5, 0.6) is 5.75 Å². The van der Waals surface area contributed by atoms with Crippen LogP contribution < -0.4 is 10.1 Å². The van der Waals surface area contributed by atoms with Crippen LogP contribution in [0.2, 0.25) is 0 Å². The predicted octanol–water partition coefficient (Wildman–Crippen LogP) is 3.39. The first-order valence-corrected chi connectivity index (χ1v) is 7.52. The highest BCUT2D eigenvalue weighted by Crippen LogP contribution is 2.29. The lowest BCUT2D eigenvalue weighted by Gasteiger charge is -2.19. The molecule has 2 aromatic rings. The molecule has 1 saturated carbocycles. The first kappa shape index (κ1) is 13.4. The van der Waals surface area contributed by atoms with E-state index in [1.807, 2.05) is 24.4 Å². The Labute approximate surface area is 120 Å². The molecule has 0 saturated heterocycles. The van der Waals surface area contributed by atoms with Crippen LogP contribution >= 0.6 is 0 Å². The van der Waals surface area contributed by atoms with Crippen LogP contribution in [-0.4, -0.2) is 24.7 Å². The Morgan fingerprint density at radius 1 is 1.25 bits per heavy atom. The zero-order chi connectivity index (χ0) is 13.8. The topological polar surface area (TPSA) is 34.1 Å². The molecule has 0 bridgehead atoms. The van der Waals surface area contributed by atoms with Gasteiger partial charge in [-0.25, -0.2) is 0 Å². The van der Waals surface area contributed by atoms with E-state index in [4.69, 9.17) is 4.74 Å². The lowest BCUT2D eigenvalue weighted by atomic mass is 10.0. The molecule has 106 valence electrons. The first-order valence-electron chi connectivity index (χ1n) is 7.52. The van der Waals surface area contributed by atoms with Crippen LogP contribution in [0.4, 0.5) is 0 Å². The van der Waals surface area contributed by atoms with Gasteiger partial charge in [0.25, 0.3) is 0 Å². The minimum Gasteiger partial charge on any atom is -0.491 e. The number of benzene rings is 1.